The molecule has 0 bridgehead atoms. The Morgan fingerprint density at radius 1 is 1.70 bits per heavy atom. The Kier molecular flexibility index (Phi) is 4.00. The van der Waals surface area contributed by atoms with Gasteiger partial charge in [0.25, 0.3) is 0 Å². The number of nitrogens with two attached hydrogens (primary N) is 1. The number of phosphoric ester groups is 1. The molecule has 0 aliphatic carbocycles. The summed E-state index contributed by atoms with van der Waals surface area (Å²) in [6.45, 7) is -1.33. The summed E-state index contributed by atoms with van der Waals surface area (Å²) < 4.78 is 25.3. The van der Waals surface area contributed by atoms with E-state index in [1.807, 2.05) is 0 Å². The first kappa shape index (κ1) is 10.0. The van der Waals surface area contributed by atoms with Crippen LogP contribution in [0, 0.1) is 0 Å². The SMILES string of the molecule is NC(CF)COP(=O)(O)O. The molecule has 0 saturated heterocycles. The van der Waals surface area contributed by atoms with E-state index >= 15 is 0 Å². The summed E-state index contributed by atoms with van der Waals surface area (Å²) in [5, 5.41) is 0. The van der Waals surface area contributed by atoms with Crippen LogP contribution >= 0.6 is 7.82 Å². The van der Waals surface area contributed by atoms with Crippen molar-refractivity contribution < 1.29 is 23.3 Å². The normalized spacial score (nSPS) is 15.2. The number of halogens is 1. The van der Waals surface area contributed by atoms with E-state index in [4.69, 9.17) is 15.5 Å². The molecule has 0 aromatic rings. The van der Waals surface area contributed by atoms with Crippen LogP contribution in [-0.4, -0.2) is 29.1 Å². The Morgan fingerprint density at radius 3 is 2.50 bits per heavy atom. The third-order valence-electron chi connectivity index (χ3n) is 0.655. The van der Waals surface area contributed by atoms with Crippen molar-refractivity contribution in [3.63, 3.8) is 0 Å². The van der Waals surface area contributed by atoms with Gasteiger partial charge in [-0.1, -0.05) is 0 Å². The van der Waals surface area contributed by atoms with Crippen molar-refractivity contribution in [2.75, 3.05) is 13.3 Å². The lowest BCUT2D eigenvalue weighted by molar-refractivity contribution is 0.178. The maximum Gasteiger partial charge on any atom is 0.469 e. The van der Waals surface area contributed by atoms with Crippen LogP contribution in [0.15, 0.2) is 0 Å². The Labute approximate surface area is 57.2 Å². The summed E-state index contributed by atoms with van der Waals surface area (Å²) in [5.41, 5.74) is 4.94. The highest BCUT2D eigenvalue weighted by molar-refractivity contribution is 7.46. The molecule has 0 aliphatic rings. The molecule has 7 heteroatoms. The molecule has 0 rings (SSSR count). The van der Waals surface area contributed by atoms with Crippen LogP contribution in [0.4, 0.5) is 4.39 Å². The second kappa shape index (κ2) is 4.00. The largest absolute Gasteiger partial charge is 0.469 e. The molecule has 0 heterocycles. The van der Waals surface area contributed by atoms with Crippen LogP contribution in [0.25, 0.3) is 0 Å². The van der Waals surface area contributed by atoms with Gasteiger partial charge in [-0.15, -0.1) is 0 Å². The number of hydrogen-bond donors (Lipinski definition) is 3. The summed E-state index contributed by atoms with van der Waals surface area (Å²) in [7, 11) is -4.48. The van der Waals surface area contributed by atoms with Gasteiger partial charge < -0.3 is 15.5 Å². The standard InChI is InChI=1S/C3H9FNO4P/c4-1-3(5)2-9-10(6,7)8/h3H,1-2,5H2,(H2,6,7,8). The number of rotatable bonds is 4. The number of hydrogen-bond acceptors (Lipinski definition) is 3. The van der Waals surface area contributed by atoms with Crippen LogP contribution in [-0.2, 0) is 9.09 Å². The lowest BCUT2D eigenvalue weighted by Crippen LogP contribution is -2.27. The van der Waals surface area contributed by atoms with Crippen molar-refractivity contribution in [2.45, 2.75) is 6.04 Å². The number of alkyl halides is 1. The van der Waals surface area contributed by atoms with E-state index in [-0.39, 0.29) is 0 Å². The molecule has 0 radical (unpaired) electrons. The zero-order chi connectivity index (χ0) is 8.20. The van der Waals surface area contributed by atoms with Gasteiger partial charge in [0.2, 0.25) is 0 Å². The number of phosphoric acid groups is 1. The second-order valence-electron chi connectivity index (χ2n) is 1.70. The molecular formula is C3H9FNO4P. The minimum atomic E-state index is -4.48. The zero-order valence-electron chi connectivity index (χ0n) is 5.11. The Hall–Kier alpha value is -0.0000000000000000416. The van der Waals surface area contributed by atoms with Gasteiger partial charge in [-0.25, -0.2) is 8.96 Å². The van der Waals surface area contributed by atoms with Crippen LogP contribution in [0.1, 0.15) is 0 Å². The Bertz CT molecular complexity index is 136. The Morgan fingerprint density at radius 2 is 2.20 bits per heavy atom. The zero-order valence-corrected chi connectivity index (χ0v) is 6.00. The minimum absolute atomic E-state index is 0.471. The maximum absolute atomic E-state index is 11.5. The molecule has 4 N–H and O–H groups in total. The molecule has 1 unspecified atom stereocenters. The van der Waals surface area contributed by atoms with E-state index in [1.54, 1.807) is 0 Å². The van der Waals surface area contributed by atoms with Gasteiger partial charge in [-0.2, -0.15) is 0 Å². The average Bonchev–Trinajstić information content (AvgIpc) is 1.81. The van der Waals surface area contributed by atoms with Crippen molar-refractivity contribution in [1.82, 2.24) is 0 Å². The summed E-state index contributed by atoms with van der Waals surface area (Å²) in [4.78, 5) is 16.1. The van der Waals surface area contributed by atoms with Gasteiger partial charge in [0, 0.05) is 0 Å². The topological polar surface area (TPSA) is 92.8 Å². The highest BCUT2D eigenvalue weighted by Crippen LogP contribution is 2.35. The van der Waals surface area contributed by atoms with E-state index in [0.29, 0.717) is 0 Å². The first-order valence-corrected chi connectivity index (χ1v) is 4.00. The molecular weight excluding hydrogens is 164 g/mol. The smallest absolute Gasteiger partial charge is 0.324 e. The highest BCUT2D eigenvalue weighted by Gasteiger charge is 2.15. The van der Waals surface area contributed by atoms with Crippen LogP contribution in [0.2, 0.25) is 0 Å². The van der Waals surface area contributed by atoms with E-state index < -0.39 is 27.1 Å². The first-order valence-electron chi connectivity index (χ1n) is 2.47. The van der Waals surface area contributed by atoms with Crippen LogP contribution in [0.3, 0.4) is 0 Å². The lowest BCUT2D eigenvalue weighted by Gasteiger charge is -2.07. The molecule has 62 valence electrons. The minimum Gasteiger partial charge on any atom is -0.324 e. The van der Waals surface area contributed by atoms with E-state index in [2.05, 4.69) is 4.52 Å². The molecule has 0 saturated carbocycles. The fourth-order valence-electron chi connectivity index (χ4n) is 0.237. The molecule has 0 spiro atoms. The third kappa shape index (κ3) is 6.12. The predicted molar refractivity (Wildman–Crippen MR) is 31.9 cm³/mol. The van der Waals surface area contributed by atoms with E-state index in [1.165, 1.54) is 0 Å². The van der Waals surface area contributed by atoms with Crippen LogP contribution < -0.4 is 5.73 Å². The van der Waals surface area contributed by atoms with Gasteiger partial charge in [0.15, 0.2) is 0 Å². The molecule has 0 fully saturated rings. The van der Waals surface area contributed by atoms with Gasteiger partial charge in [-0.05, 0) is 0 Å². The maximum atomic E-state index is 11.5. The van der Waals surface area contributed by atoms with Crippen molar-refractivity contribution in [2.24, 2.45) is 5.73 Å². The average molecular weight is 173 g/mol. The lowest BCUT2D eigenvalue weighted by atomic mass is 10.4. The molecule has 0 aromatic heterocycles. The summed E-state index contributed by atoms with van der Waals surface area (Å²) in [6.07, 6.45) is 0. The van der Waals surface area contributed by atoms with Crippen molar-refractivity contribution in [1.29, 1.82) is 0 Å². The third-order valence-corrected chi connectivity index (χ3v) is 1.14. The van der Waals surface area contributed by atoms with Crippen molar-refractivity contribution >= 4 is 7.82 Å². The monoisotopic (exact) mass is 173 g/mol. The Balaban J connectivity index is 3.46. The van der Waals surface area contributed by atoms with E-state index in [0.717, 1.165) is 0 Å². The molecule has 0 amide bonds. The fraction of sp³-hybridized carbons (Fsp3) is 1.00. The molecule has 1 atom stereocenters. The summed E-state index contributed by atoms with van der Waals surface area (Å²) in [5.74, 6) is 0. The highest BCUT2D eigenvalue weighted by atomic mass is 31.2. The summed E-state index contributed by atoms with van der Waals surface area (Å²) >= 11 is 0. The quantitative estimate of drug-likeness (QED) is 0.493. The van der Waals surface area contributed by atoms with E-state index in [9.17, 15) is 8.96 Å². The van der Waals surface area contributed by atoms with Crippen molar-refractivity contribution in [3.8, 4) is 0 Å². The second-order valence-corrected chi connectivity index (χ2v) is 2.94. The fourth-order valence-corrected chi connectivity index (χ4v) is 0.623. The van der Waals surface area contributed by atoms with Gasteiger partial charge in [0.05, 0.1) is 12.6 Å². The molecule has 0 aliphatic heterocycles. The van der Waals surface area contributed by atoms with Gasteiger partial charge >= 0.3 is 7.82 Å². The molecule has 10 heavy (non-hydrogen) atoms. The molecule has 0 aromatic carbocycles. The van der Waals surface area contributed by atoms with Gasteiger partial charge in [0.1, 0.15) is 6.67 Å². The predicted octanol–water partition coefficient (Wildman–Crippen LogP) is -0.608. The van der Waals surface area contributed by atoms with Gasteiger partial charge in [-0.3, -0.25) is 4.52 Å². The van der Waals surface area contributed by atoms with Crippen LogP contribution in [0.5, 0.6) is 0 Å². The molecule has 5 nitrogen and oxygen atoms in total. The van der Waals surface area contributed by atoms with Crippen molar-refractivity contribution in [3.05, 3.63) is 0 Å². The first-order chi connectivity index (χ1) is 4.45. The summed E-state index contributed by atoms with van der Waals surface area (Å²) in [6, 6.07) is -0.965.